The zero-order valence-electron chi connectivity index (χ0n) is 42.7. The Bertz CT molecular complexity index is 1310. The van der Waals surface area contributed by atoms with Crippen LogP contribution in [-0.2, 0) is 27.9 Å². The highest BCUT2D eigenvalue weighted by Gasteiger charge is 2.20. The molecule has 0 aliphatic heterocycles. The molecule has 0 spiro atoms. The number of carbonyl (C=O) groups excluding carboxylic acids is 1. The molecular weight excluding hydrogens is 830 g/mol. The van der Waals surface area contributed by atoms with Crippen molar-refractivity contribution < 1.29 is 37.3 Å². The molecule has 376 valence electrons. The van der Waals surface area contributed by atoms with Gasteiger partial charge in [0.1, 0.15) is 19.3 Å². The van der Waals surface area contributed by atoms with Gasteiger partial charge in [0.2, 0.25) is 0 Å². The zero-order valence-corrected chi connectivity index (χ0v) is 43.6. The number of ether oxygens (including phenoxy) is 2. The highest BCUT2D eigenvalue weighted by Crippen LogP contribution is 2.38. The van der Waals surface area contributed by atoms with Gasteiger partial charge >= 0.3 is 5.97 Å². The third-order valence-electron chi connectivity index (χ3n) is 10.9. The van der Waals surface area contributed by atoms with Crippen molar-refractivity contribution in [3.05, 3.63) is 85.1 Å². The topological polar surface area (TPSA) is 94.1 Å². The van der Waals surface area contributed by atoms with E-state index in [1.165, 1.54) is 109 Å². The molecule has 0 radical (unpaired) electrons. The number of nitrogens with zero attached hydrogens (tertiary/aromatic N) is 1. The number of esters is 1. The van der Waals surface area contributed by atoms with Gasteiger partial charge in [0.05, 0.1) is 34.4 Å². The predicted molar refractivity (Wildman–Crippen MR) is 277 cm³/mol. The largest absolute Gasteiger partial charge is 0.756 e. The Kier molecular flexibility index (Phi) is 46.4. The summed E-state index contributed by atoms with van der Waals surface area (Å²) in [5.74, 6) is -0.346. The Morgan fingerprint density at radius 1 is 0.492 bits per heavy atom. The van der Waals surface area contributed by atoms with Gasteiger partial charge in [-0.3, -0.25) is 9.36 Å². The first-order valence-corrected chi connectivity index (χ1v) is 27.8. The molecule has 0 heterocycles. The van der Waals surface area contributed by atoms with Gasteiger partial charge in [-0.2, -0.15) is 0 Å². The SMILES string of the molecule is CC/C=C\C/C=C\C/C=C\C/C=C\C/C=C\CCCCCCCCCCCCOCC(COP(=O)([O-])OCC[N+](C)(C)C)OC(=O)CCCCCCCCC/C=C\C/C=C\CCCCC. The molecule has 0 bridgehead atoms. The summed E-state index contributed by atoms with van der Waals surface area (Å²) in [6.45, 7) is 5.25. The Morgan fingerprint density at radius 3 is 1.34 bits per heavy atom. The number of unbranched alkanes of at least 4 members (excludes halogenated alkanes) is 20. The van der Waals surface area contributed by atoms with Gasteiger partial charge in [-0.15, -0.1) is 0 Å². The Labute approximate surface area is 401 Å². The summed E-state index contributed by atoms with van der Waals surface area (Å²) in [4.78, 5) is 25.2. The van der Waals surface area contributed by atoms with Crippen LogP contribution in [0, 0.1) is 0 Å². The lowest BCUT2D eigenvalue weighted by molar-refractivity contribution is -0.870. The van der Waals surface area contributed by atoms with Crippen molar-refractivity contribution in [2.45, 2.75) is 213 Å². The van der Waals surface area contributed by atoms with Gasteiger partial charge in [0.15, 0.2) is 0 Å². The number of phosphoric acid groups is 1. The van der Waals surface area contributed by atoms with Crippen molar-refractivity contribution in [3.8, 4) is 0 Å². The van der Waals surface area contributed by atoms with Gasteiger partial charge < -0.3 is 27.9 Å². The molecule has 8 nitrogen and oxygen atoms in total. The Morgan fingerprint density at radius 2 is 0.892 bits per heavy atom. The fourth-order valence-electron chi connectivity index (χ4n) is 6.90. The average Bonchev–Trinajstić information content (AvgIpc) is 3.27. The maximum Gasteiger partial charge on any atom is 0.306 e. The lowest BCUT2D eigenvalue weighted by atomic mass is 10.1. The minimum atomic E-state index is -4.54. The van der Waals surface area contributed by atoms with E-state index < -0.39 is 13.9 Å². The minimum Gasteiger partial charge on any atom is -0.756 e. The molecule has 0 aromatic rings. The van der Waals surface area contributed by atoms with Gasteiger partial charge in [-0.1, -0.05) is 195 Å². The van der Waals surface area contributed by atoms with Crippen LogP contribution in [0.1, 0.15) is 206 Å². The lowest BCUT2D eigenvalue weighted by Gasteiger charge is -2.28. The second kappa shape index (κ2) is 48.1. The van der Waals surface area contributed by atoms with Gasteiger partial charge in [0.25, 0.3) is 7.82 Å². The standard InChI is InChI=1S/C56H100NO7P/c1-6-8-10-12-14-16-18-20-22-24-25-26-27-28-29-30-31-32-34-36-38-40-42-44-46-48-51-61-53-55(54-63-65(59,60)62-52-50-57(3,4)5)64-56(58)49-47-45-43-41-39-37-35-33-23-21-19-17-15-13-11-9-7-2/h8,10,14-17,20-23,25-26,28-29,55H,6-7,9,11-13,18-19,24,27,30-54H2,1-5H3/b10-8-,16-14-,17-15-,22-20-,23-21-,26-25-,29-28-. The molecule has 9 heteroatoms. The van der Waals surface area contributed by atoms with Crippen LogP contribution in [0.2, 0.25) is 0 Å². The molecular formula is C56H100NO7P. The van der Waals surface area contributed by atoms with Gasteiger partial charge in [-0.25, -0.2) is 0 Å². The molecule has 0 N–H and O–H groups in total. The van der Waals surface area contributed by atoms with E-state index in [0.29, 0.717) is 24.1 Å². The molecule has 0 saturated heterocycles. The van der Waals surface area contributed by atoms with E-state index in [9.17, 15) is 14.3 Å². The summed E-state index contributed by atoms with van der Waals surface area (Å²) < 4.78 is 34.8. The third kappa shape index (κ3) is 52.5. The maximum absolute atomic E-state index is 12.7. The van der Waals surface area contributed by atoms with E-state index in [0.717, 1.165) is 77.0 Å². The fourth-order valence-corrected chi connectivity index (χ4v) is 7.63. The summed E-state index contributed by atoms with van der Waals surface area (Å²) in [5.41, 5.74) is 0. The highest BCUT2D eigenvalue weighted by molar-refractivity contribution is 7.45. The number of allylic oxidation sites excluding steroid dienone is 14. The van der Waals surface area contributed by atoms with E-state index in [1.54, 1.807) is 0 Å². The molecule has 65 heavy (non-hydrogen) atoms. The van der Waals surface area contributed by atoms with E-state index in [-0.39, 0.29) is 25.8 Å². The molecule has 0 saturated carbocycles. The molecule has 0 rings (SSSR count). The first kappa shape index (κ1) is 62.7. The minimum absolute atomic E-state index is 0.0197. The van der Waals surface area contributed by atoms with E-state index >= 15 is 0 Å². The summed E-state index contributed by atoms with van der Waals surface area (Å²) in [6.07, 6.45) is 64.6. The number of likely N-dealkylation sites (N-methyl/N-ethyl adjacent to an activating group) is 1. The van der Waals surface area contributed by atoms with Crippen molar-refractivity contribution >= 4 is 13.8 Å². The first-order valence-electron chi connectivity index (χ1n) is 26.3. The third-order valence-corrected chi connectivity index (χ3v) is 11.9. The molecule has 0 aromatic heterocycles. The van der Waals surface area contributed by atoms with Crippen LogP contribution in [0.5, 0.6) is 0 Å². The van der Waals surface area contributed by atoms with Crippen LogP contribution >= 0.6 is 7.82 Å². The van der Waals surface area contributed by atoms with Crippen LogP contribution in [0.4, 0.5) is 0 Å². The zero-order chi connectivity index (χ0) is 47.6. The smallest absolute Gasteiger partial charge is 0.306 e. The summed E-state index contributed by atoms with van der Waals surface area (Å²) in [5, 5.41) is 0. The highest BCUT2D eigenvalue weighted by atomic mass is 31.2. The predicted octanol–water partition coefficient (Wildman–Crippen LogP) is 15.8. The van der Waals surface area contributed by atoms with Crippen LogP contribution in [-0.4, -0.2) is 70.7 Å². The van der Waals surface area contributed by atoms with E-state index in [1.807, 2.05) is 21.1 Å². The molecule has 0 aromatic carbocycles. The quantitative estimate of drug-likeness (QED) is 0.0197. The molecule has 2 atom stereocenters. The summed E-state index contributed by atoms with van der Waals surface area (Å²) in [6, 6.07) is 0. The van der Waals surface area contributed by atoms with Crippen LogP contribution < -0.4 is 4.89 Å². The number of hydrogen-bond donors (Lipinski definition) is 0. The fraction of sp³-hybridized carbons (Fsp3) is 0.732. The van der Waals surface area contributed by atoms with Crippen molar-refractivity contribution in [2.24, 2.45) is 0 Å². The molecule has 0 amide bonds. The number of phosphoric ester groups is 1. The van der Waals surface area contributed by atoms with Gasteiger partial charge in [0, 0.05) is 13.0 Å². The summed E-state index contributed by atoms with van der Waals surface area (Å²) >= 11 is 0. The monoisotopic (exact) mass is 930 g/mol. The molecule has 0 fully saturated rings. The number of hydrogen-bond acceptors (Lipinski definition) is 7. The van der Waals surface area contributed by atoms with E-state index in [2.05, 4.69) is 98.9 Å². The summed E-state index contributed by atoms with van der Waals surface area (Å²) in [7, 11) is 1.34. The van der Waals surface area contributed by atoms with Crippen LogP contribution in [0.15, 0.2) is 85.1 Å². The lowest BCUT2D eigenvalue weighted by Crippen LogP contribution is -2.37. The molecule has 2 unspecified atom stereocenters. The van der Waals surface area contributed by atoms with Crippen LogP contribution in [0.3, 0.4) is 0 Å². The number of rotatable bonds is 48. The average molecular weight is 930 g/mol. The molecule has 0 aliphatic rings. The Hall–Kier alpha value is -2.32. The first-order chi connectivity index (χ1) is 31.6. The van der Waals surface area contributed by atoms with Crippen molar-refractivity contribution in [2.75, 3.05) is 54.1 Å². The Balaban J connectivity index is 4.14. The second-order valence-electron chi connectivity index (χ2n) is 18.5. The normalized spacial score (nSPS) is 14.2. The van der Waals surface area contributed by atoms with Crippen LogP contribution in [0.25, 0.3) is 0 Å². The van der Waals surface area contributed by atoms with E-state index in [4.69, 9.17) is 18.5 Å². The number of carbonyl (C=O) groups is 1. The van der Waals surface area contributed by atoms with Gasteiger partial charge in [-0.05, 0) is 89.9 Å². The number of quaternary nitrogens is 1. The molecule has 0 aliphatic carbocycles. The van der Waals surface area contributed by atoms with Crippen molar-refractivity contribution in [1.29, 1.82) is 0 Å². The maximum atomic E-state index is 12.7. The van der Waals surface area contributed by atoms with Crippen molar-refractivity contribution in [1.82, 2.24) is 0 Å². The second-order valence-corrected chi connectivity index (χ2v) is 19.9. The van der Waals surface area contributed by atoms with Crippen molar-refractivity contribution in [3.63, 3.8) is 0 Å².